The van der Waals surface area contributed by atoms with Crippen LogP contribution in [0, 0.1) is 0 Å². The minimum absolute atomic E-state index is 0.197. The first kappa shape index (κ1) is 15.1. The van der Waals surface area contributed by atoms with Crippen LogP contribution in [-0.2, 0) is 4.79 Å². The second-order valence-electron chi connectivity index (χ2n) is 5.02. The zero-order valence-corrected chi connectivity index (χ0v) is 12.3. The van der Waals surface area contributed by atoms with Crippen molar-refractivity contribution >= 4 is 23.8 Å². The molecule has 1 atom stereocenters. The van der Waals surface area contributed by atoms with E-state index in [2.05, 4.69) is 0 Å². The van der Waals surface area contributed by atoms with Gasteiger partial charge >= 0.3 is 12.0 Å². The molecule has 0 bridgehead atoms. The summed E-state index contributed by atoms with van der Waals surface area (Å²) >= 11 is 1.83. The number of thioether (sulfide) groups is 1. The second kappa shape index (κ2) is 5.82. The van der Waals surface area contributed by atoms with Gasteiger partial charge in [-0.2, -0.15) is 11.8 Å². The summed E-state index contributed by atoms with van der Waals surface area (Å²) in [6, 6.07) is 0.0264. The number of aliphatic carboxylic acids is 1. The Kier molecular flexibility index (Phi) is 4.90. The second-order valence-corrected chi connectivity index (χ2v) is 6.17. The molecule has 18 heavy (non-hydrogen) atoms. The highest BCUT2D eigenvalue weighted by Crippen LogP contribution is 2.24. The topological polar surface area (TPSA) is 60.9 Å². The highest BCUT2D eigenvalue weighted by Gasteiger charge is 2.39. The van der Waals surface area contributed by atoms with Gasteiger partial charge in [0.2, 0.25) is 0 Å². The lowest BCUT2D eigenvalue weighted by Gasteiger charge is -2.38. The first-order chi connectivity index (χ1) is 8.32. The Bertz CT molecular complexity index is 327. The van der Waals surface area contributed by atoms with Crippen LogP contribution in [0.1, 0.15) is 27.2 Å². The number of carboxylic acid groups (broad SMARTS) is 1. The van der Waals surface area contributed by atoms with Crippen molar-refractivity contribution in [3.05, 3.63) is 0 Å². The molecule has 0 aromatic carbocycles. The molecule has 0 radical (unpaired) electrons. The van der Waals surface area contributed by atoms with E-state index in [-0.39, 0.29) is 12.1 Å². The number of carboxylic acids is 1. The highest BCUT2D eigenvalue weighted by molar-refractivity contribution is 7.99. The van der Waals surface area contributed by atoms with Crippen molar-refractivity contribution in [1.82, 2.24) is 9.80 Å². The number of rotatable bonds is 4. The monoisotopic (exact) mass is 274 g/mol. The van der Waals surface area contributed by atoms with Gasteiger partial charge in [0.05, 0.1) is 0 Å². The van der Waals surface area contributed by atoms with Crippen molar-refractivity contribution in [3.8, 4) is 0 Å². The molecule has 1 N–H and O–H groups in total. The Balaban J connectivity index is 2.81. The fraction of sp³-hybridized carbons (Fsp3) is 0.833. The minimum atomic E-state index is -1.17. The number of amides is 2. The van der Waals surface area contributed by atoms with Crippen molar-refractivity contribution < 1.29 is 14.7 Å². The molecule has 2 amide bonds. The van der Waals surface area contributed by atoms with Crippen LogP contribution in [0.5, 0.6) is 0 Å². The average Bonchev–Trinajstić information content (AvgIpc) is 2.81. The Morgan fingerprint density at radius 2 is 2.06 bits per heavy atom. The summed E-state index contributed by atoms with van der Waals surface area (Å²) < 4.78 is 0. The molecule has 1 fully saturated rings. The van der Waals surface area contributed by atoms with Gasteiger partial charge in [0.15, 0.2) is 0 Å². The summed E-state index contributed by atoms with van der Waals surface area (Å²) in [5.41, 5.74) is -1.17. The molecule has 1 unspecified atom stereocenters. The fourth-order valence-electron chi connectivity index (χ4n) is 2.06. The van der Waals surface area contributed by atoms with Crippen LogP contribution >= 0.6 is 11.8 Å². The molecule has 0 aromatic heterocycles. The van der Waals surface area contributed by atoms with E-state index in [1.54, 1.807) is 32.7 Å². The van der Waals surface area contributed by atoms with Gasteiger partial charge < -0.3 is 14.9 Å². The van der Waals surface area contributed by atoms with Crippen LogP contribution in [0.4, 0.5) is 4.79 Å². The minimum Gasteiger partial charge on any atom is -0.480 e. The molecule has 0 aliphatic carbocycles. The lowest BCUT2D eigenvalue weighted by Crippen LogP contribution is -2.57. The zero-order chi connectivity index (χ0) is 13.9. The van der Waals surface area contributed by atoms with E-state index in [4.69, 9.17) is 0 Å². The SMILES string of the molecule is CCN(C(=O)N(C)C1CCSC1)C(C)(C)C(=O)O. The molecule has 1 aliphatic rings. The summed E-state index contributed by atoms with van der Waals surface area (Å²) in [6.07, 6.45) is 0.984. The fourth-order valence-corrected chi connectivity index (χ4v) is 3.33. The molecule has 0 aromatic rings. The molecule has 104 valence electrons. The van der Waals surface area contributed by atoms with Crippen molar-refractivity contribution in [2.75, 3.05) is 25.1 Å². The standard InChI is InChI=1S/C12H22N2O3S/c1-5-14(12(2,3)10(15)16)11(17)13(4)9-6-7-18-8-9/h9H,5-8H2,1-4H3,(H,15,16). The average molecular weight is 274 g/mol. The van der Waals surface area contributed by atoms with Gasteiger partial charge in [-0.1, -0.05) is 0 Å². The van der Waals surface area contributed by atoms with Gasteiger partial charge in [0.1, 0.15) is 5.54 Å². The first-order valence-electron chi connectivity index (χ1n) is 6.18. The van der Waals surface area contributed by atoms with Gasteiger partial charge in [-0.25, -0.2) is 9.59 Å². The van der Waals surface area contributed by atoms with E-state index < -0.39 is 11.5 Å². The van der Waals surface area contributed by atoms with Crippen LogP contribution in [0.15, 0.2) is 0 Å². The maximum atomic E-state index is 12.4. The van der Waals surface area contributed by atoms with Gasteiger partial charge in [-0.15, -0.1) is 0 Å². The van der Waals surface area contributed by atoms with Gasteiger partial charge in [-0.3, -0.25) is 0 Å². The maximum absolute atomic E-state index is 12.4. The number of carbonyl (C=O) groups excluding carboxylic acids is 1. The number of likely N-dealkylation sites (N-methyl/N-ethyl adjacent to an activating group) is 1. The number of carbonyl (C=O) groups is 2. The molecule has 6 heteroatoms. The number of hydrogen-bond acceptors (Lipinski definition) is 3. The third-order valence-electron chi connectivity index (χ3n) is 3.50. The van der Waals surface area contributed by atoms with E-state index in [0.717, 1.165) is 17.9 Å². The first-order valence-corrected chi connectivity index (χ1v) is 7.33. The molecule has 1 aliphatic heterocycles. The predicted octanol–water partition coefficient (Wildman–Crippen LogP) is 1.73. The third-order valence-corrected chi connectivity index (χ3v) is 4.65. The van der Waals surface area contributed by atoms with Gasteiger partial charge in [0.25, 0.3) is 0 Å². The van der Waals surface area contributed by atoms with Crippen LogP contribution < -0.4 is 0 Å². The van der Waals surface area contributed by atoms with Crippen LogP contribution in [0.3, 0.4) is 0 Å². The summed E-state index contributed by atoms with van der Waals surface area (Å²) in [5, 5.41) is 9.22. The summed E-state index contributed by atoms with van der Waals surface area (Å²) in [7, 11) is 1.76. The van der Waals surface area contributed by atoms with E-state index in [1.165, 1.54) is 4.90 Å². The highest BCUT2D eigenvalue weighted by atomic mass is 32.2. The Hall–Kier alpha value is -0.910. The van der Waals surface area contributed by atoms with Gasteiger partial charge in [-0.05, 0) is 32.9 Å². The molecular formula is C12H22N2O3S. The quantitative estimate of drug-likeness (QED) is 0.848. The molecule has 5 nitrogen and oxygen atoms in total. The van der Waals surface area contributed by atoms with Crippen LogP contribution in [-0.4, -0.2) is 63.6 Å². The van der Waals surface area contributed by atoms with E-state index in [0.29, 0.717) is 6.54 Å². The Labute approximate surface area is 113 Å². The third kappa shape index (κ3) is 2.91. The maximum Gasteiger partial charge on any atom is 0.329 e. The van der Waals surface area contributed by atoms with Crippen molar-refractivity contribution in [1.29, 1.82) is 0 Å². The smallest absolute Gasteiger partial charge is 0.329 e. The molecule has 0 spiro atoms. The molecule has 0 saturated carbocycles. The number of hydrogen-bond donors (Lipinski definition) is 1. The van der Waals surface area contributed by atoms with Crippen LogP contribution in [0.2, 0.25) is 0 Å². The predicted molar refractivity (Wildman–Crippen MR) is 73.0 cm³/mol. The summed E-state index contributed by atoms with van der Waals surface area (Å²) in [5.74, 6) is 1.02. The summed E-state index contributed by atoms with van der Waals surface area (Å²) in [4.78, 5) is 26.7. The number of urea groups is 1. The largest absolute Gasteiger partial charge is 0.480 e. The molecule has 1 saturated heterocycles. The Morgan fingerprint density at radius 1 is 1.44 bits per heavy atom. The normalized spacial score (nSPS) is 19.7. The zero-order valence-electron chi connectivity index (χ0n) is 11.5. The molecule has 1 heterocycles. The van der Waals surface area contributed by atoms with Crippen molar-refractivity contribution in [3.63, 3.8) is 0 Å². The van der Waals surface area contributed by atoms with E-state index in [9.17, 15) is 14.7 Å². The molecular weight excluding hydrogens is 252 g/mol. The van der Waals surface area contributed by atoms with Crippen molar-refractivity contribution in [2.45, 2.75) is 38.8 Å². The van der Waals surface area contributed by atoms with E-state index >= 15 is 0 Å². The van der Waals surface area contributed by atoms with Crippen LogP contribution in [0.25, 0.3) is 0 Å². The lowest BCUT2D eigenvalue weighted by molar-refractivity contribution is -0.147. The van der Waals surface area contributed by atoms with Crippen molar-refractivity contribution in [2.24, 2.45) is 0 Å². The summed E-state index contributed by atoms with van der Waals surface area (Å²) in [6.45, 7) is 5.32. The molecule has 1 rings (SSSR count). The lowest BCUT2D eigenvalue weighted by atomic mass is 10.0. The van der Waals surface area contributed by atoms with Gasteiger partial charge in [0, 0.05) is 25.4 Å². The Morgan fingerprint density at radius 3 is 2.44 bits per heavy atom. The number of nitrogens with zero attached hydrogens (tertiary/aromatic N) is 2. The van der Waals surface area contributed by atoms with E-state index in [1.807, 2.05) is 11.8 Å².